The Morgan fingerprint density at radius 3 is 2.59 bits per heavy atom. The van der Waals surface area contributed by atoms with Crippen LogP contribution in [0.1, 0.15) is 5.56 Å². The molecule has 0 radical (unpaired) electrons. The van der Waals surface area contributed by atoms with Gasteiger partial charge >= 0.3 is 6.09 Å². The minimum absolute atomic E-state index is 0.481. The lowest BCUT2D eigenvalue weighted by atomic mass is 10.1. The van der Waals surface area contributed by atoms with Gasteiger partial charge in [-0.2, -0.15) is 0 Å². The van der Waals surface area contributed by atoms with Gasteiger partial charge in [0, 0.05) is 5.56 Å². The number of anilines is 1. The lowest BCUT2D eigenvalue weighted by Gasteiger charge is -2.07. The van der Waals surface area contributed by atoms with Crippen LogP contribution in [0.5, 0.6) is 0 Å². The molecule has 1 amide bonds. The summed E-state index contributed by atoms with van der Waals surface area (Å²) in [6, 6.07) is 11.5. The topological polar surface area (TPSA) is 62.2 Å². The number of pyridine rings is 1. The number of carbonyl (C=O) groups is 1. The molecular formula is C13H12N2O2. The normalized spacial score (nSPS) is 9.94. The van der Waals surface area contributed by atoms with Crippen LogP contribution in [0.15, 0.2) is 42.6 Å². The summed E-state index contributed by atoms with van der Waals surface area (Å²) in [5, 5.41) is 10.9. The van der Waals surface area contributed by atoms with Crippen LogP contribution >= 0.6 is 0 Å². The minimum Gasteiger partial charge on any atom is -0.465 e. The summed E-state index contributed by atoms with van der Waals surface area (Å²) >= 11 is 0. The molecule has 17 heavy (non-hydrogen) atoms. The Bertz CT molecular complexity index is 538. The molecule has 0 unspecified atom stereocenters. The standard InChI is InChI=1S/C13H12N2O2/c1-9-7-11(15-13(16)17)8-14-12(9)10-5-3-2-4-6-10/h2-8,15H,1H3,(H,16,17). The van der Waals surface area contributed by atoms with E-state index in [2.05, 4.69) is 10.3 Å². The molecule has 1 aromatic carbocycles. The summed E-state index contributed by atoms with van der Waals surface area (Å²) in [6.07, 6.45) is 0.433. The number of amides is 1. The summed E-state index contributed by atoms with van der Waals surface area (Å²) in [5.74, 6) is 0. The van der Waals surface area contributed by atoms with Crippen molar-refractivity contribution in [3.05, 3.63) is 48.2 Å². The number of benzene rings is 1. The highest BCUT2D eigenvalue weighted by Gasteiger charge is 2.05. The van der Waals surface area contributed by atoms with Crippen molar-refractivity contribution in [2.45, 2.75) is 6.92 Å². The number of nitrogens with one attached hydrogen (secondary N) is 1. The minimum atomic E-state index is -1.08. The van der Waals surface area contributed by atoms with Gasteiger partial charge in [-0.1, -0.05) is 30.3 Å². The van der Waals surface area contributed by atoms with E-state index < -0.39 is 6.09 Å². The van der Waals surface area contributed by atoms with E-state index in [-0.39, 0.29) is 0 Å². The number of aryl methyl sites for hydroxylation is 1. The summed E-state index contributed by atoms with van der Waals surface area (Å²) in [7, 11) is 0. The Morgan fingerprint density at radius 2 is 2.00 bits per heavy atom. The molecule has 2 rings (SSSR count). The number of rotatable bonds is 2. The first kappa shape index (κ1) is 11.1. The Morgan fingerprint density at radius 1 is 1.29 bits per heavy atom. The molecule has 4 nitrogen and oxygen atoms in total. The van der Waals surface area contributed by atoms with Gasteiger partial charge in [0.15, 0.2) is 0 Å². The van der Waals surface area contributed by atoms with Crippen LogP contribution in [-0.2, 0) is 0 Å². The van der Waals surface area contributed by atoms with E-state index in [0.717, 1.165) is 16.8 Å². The molecule has 0 spiro atoms. The molecule has 0 fully saturated rings. The van der Waals surface area contributed by atoms with Gasteiger partial charge in [-0.05, 0) is 18.6 Å². The van der Waals surface area contributed by atoms with Crippen molar-refractivity contribution in [1.82, 2.24) is 4.98 Å². The Hall–Kier alpha value is -2.36. The maximum atomic E-state index is 10.5. The van der Waals surface area contributed by atoms with E-state index in [9.17, 15) is 4.79 Å². The van der Waals surface area contributed by atoms with Crippen molar-refractivity contribution in [3.63, 3.8) is 0 Å². The Kier molecular flexibility index (Phi) is 3.05. The van der Waals surface area contributed by atoms with Gasteiger partial charge in [-0.25, -0.2) is 4.79 Å². The number of hydrogen-bond donors (Lipinski definition) is 2. The number of carboxylic acid groups (broad SMARTS) is 1. The SMILES string of the molecule is Cc1cc(NC(=O)O)cnc1-c1ccccc1. The van der Waals surface area contributed by atoms with Crippen LogP contribution in [0, 0.1) is 6.92 Å². The fraction of sp³-hybridized carbons (Fsp3) is 0.0769. The highest BCUT2D eigenvalue weighted by Crippen LogP contribution is 2.22. The molecule has 0 bridgehead atoms. The maximum absolute atomic E-state index is 10.5. The first-order valence-electron chi connectivity index (χ1n) is 5.19. The van der Waals surface area contributed by atoms with Crippen LogP contribution in [0.2, 0.25) is 0 Å². The highest BCUT2D eigenvalue weighted by molar-refractivity contribution is 5.83. The van der Waals surface area contributed by atoms with Crippen molar-refractivity contribution in [2.24, 2.45) is 0 Å². The van der Waals surface area contributed by atoms with Gasteiger partial charge in [-0.3, -0.25) is 10.3 Å². The largest absolute Gasteiger partial charge is 0.465 e. The summed E-state index contributed by atoms with van der Waals surface area (Å²) in [6.45, 7) is 1.91. The fourth-order valence-electron chi connectivity index (χ4n) is 1.66. The average Bonchev–Trinajstić information content (AvgIpc) is 2.29. The van der Waals surface area contributed by atoms with Crippen LogP contribution in [0.4, 0.5) is 10.5 Å². The molecule has 2 N–H and O–H groups in total. The van der Waals surface area contributed by atoms with E-state index in [1.807, 2.05) is 37.3 Å². The van der Waals surface area contributed by atoms with Crippen LogP contribution in [0.25, 0.3) is 11.3 Å². The molecular weight excluding hydrogens is 216 g/mol. The molecule has 4 heteroatoms. The monoisotopic (exact) mass is 228 g/mol. The predicted octanol–water partition coefficient (Wildman–Crippen LogP) is 3.15. The Labute approximate surface area is 98.9 Å². The lowest BCUT2D eigenvalue weighted by Crippen LogP contribution is -2.07. The zero-order valence-corrected chi connectivity index (χ0v) is 9.34. The van der Waals surface area contributed by atoms with Gasteiger partial charge in [0.2, 0.25) is 0 Å². The summed E-state index contributed by atoms with van der Waals surface area (Å²) < 4.78 is 0. The van der Waals surface area contributed by atoms with Crippen molar-refractivity contribution >= 4 is 11.8 Å². The molecule has 1 heterocycles. The van der Waals surface area contributed by atoms with Gasteiger partial charge in [-0.15, -0.1) is 0 Å². The molecule has 0 aliphatic heterocycles. The van der Waals surface area contributed by atoms with Crippen molar-refractivity contribution in [3.8, 4) is 11.3 Å². The second-order valence-electron chi connectivity index (χ2n) is 3.69. The maximum Gasteiger partial charge on any atom is 0.409 e. The quantitative estimate of drug-likeness (QED) is 0.829. The van der Waals surface area contributed by atoms with Gasteiger partial charge < -0.3 is 5.11 Å². The molecule has 1 aromatic heterocycles. The van der Waals surface area contributed by atoms with Gasteiger partial charge in [0.05, 0.1) is 17.6 Å². The first-order valence-corrected chi connectivity index (χ1v) is 5.19. The third-order valence-electron chi connectivity index (χ3n) is 2.38. The second-order valence-corrected chi connectivity index (χ2v) is 3.69. The van der Waals surface area contributed by atoms with E-state index in [4.69, 9.17) is 5.11 Å². The second kappa shape index (κ2) is 4.65. The molecule has 86 valence electrons. The lowest BCUT2D eigenvalue weighted by molar-refractivity contribution is 0.209. The third-order valence-corrected chi connectivity index (χ3v) is 2.38. The third kappa shape index (κ3) is 2.60. The fourth-order valence-corrected chi connectivity index (χ4v) is 1.66. The molecule has 0 aliphatic carbocycles. The zero-order valence-electron chi connectivity index (χ0n) is 9.34. The summed E-state index contributed by atoms with van der Waals surface area (Å²) in [5.41, 5.74) is 3.30. The molecule has 0 aliphatic rings. The van der Waals surface area contributed by atoms with Crippen LogP contribution < -0.4 is 5.32 Å². The number of nitrogens with zero attached hydrogens (tertiary/aromatic N) is 1. The van der Waals surface area contributed by atoms with E-state index in [1.54, 1.807) is 6.07 Å². The van der Waals surface area contributed by atoms with Crippen molar-refractivity contribution in [2.75, 3.05) is 5.32 Å². The smallest absolute Gasteiger partial charge is 0.409 e. The zero-order chi connectivity index (χ0) is 12.3. The van der Waals surface area contributed by atoms with Gasteiger partial charge in [0.1, 0.15) is 0 Å². The molecule has 0 saturated carbocycles. The predicted molar refractivity (Wildman–Crippen MR) is 66.1 cm³/mol. The van der Waals surface area contributed by atoms with E-state index >= 15 is 0 Å². The average molecular weight is 228 g/mol. The van der Waals surface area contributed by atoms with Crippen molar-refractivity contribution < 1.29 is 9.90 Å². The Balaban J connectivity index is 2.35. The molecule has 2 aromatic rings. The summed E-state index contributed by atoms with van der Waals surface area (Å²) in [4.78, 5) is 14.8. The first-order chi connectivity index (χ1) is 8.16. The highest BCUT2D eigenvalue weighted by atomic mass is 16.4. The van der Waals surface area contributed by atoms with E-state index in [0.29, 0.717) is 5.69 Å². The molecule has 0 saturated heterocycles. The van der Waals surface area contributed by atoms with Crippen LogP contribution in [-0.4, -0.2) is 16.2 Å². The van der Waals surface area contributed by atoms with Crippen LogP contribution in [0.3, 0.4) is 0 Å². The number of aromatic nitrogens is 1. The van der Waals surface area contributed by atoms with E-state index in [1.165, 1.54) is 6.20 Å². The molecule has 0 atom stereocenters. The number of hydrogen-bond acceptors (Lipinski definition) is 2. The van der Waals surface area contributed by atoms with Gasteiger partial charge in [0.25, 0.3) is 0 Å². The van der Waals surface area contributed by atoms with Crippen molar-refractivity contribution in [1.29, 1.82) is 0 Å².